The van der Waals surface area contributed by atoms with Crippen molar-refractivity contribution in [1.29, 1.82) is 0 Å². The quantitative estimate of drug-likeness (QED) is 0.0184. The number of nitrogens with one attached hydrogen (secondary N) is 9. The summed E-state index contributed by atoms with van der Waals surface area (Å²) >= 11 is 0. The lowest BCUT2D eigenvalue weighted by atomic mass is 9.89. The number of aliphatic carboxylic acids is 1. The fourth-order valence-corrected chi connectivity index (χ4v) is 17.9. The average Bonchev–Trinajstić information content (AvgIpc) is 0.814. The van der Waals surface area contributed by atoms with Gasteiger partial charge in [-0.15, -0.1) is 0 Å². The molecule has 0 bridgehead atoms. The van der Waals surface area contributed by atoms with Crippen molar-refractivity contribution in [2.24, 2.45) is 59.0 Å². The molecule has 0 radical (unpaired) electrons. The van der Waals surface area contributed by atoms with Gasteiger partial charge in [0.05, 0.1) is 48.8 Å². The van der Waals surface area contributed by atoms with E-state index in [1.165, 1.54) is 0 Å². The van der Waals surface area contributed by atoms with E-state index < -0.39 is 162 Å². The first-order valence-corrected chi connectivity index (χ1v) is 56.9. The van der Waals surface area contributed by atoms with Gasteiger partial charge in [0.25, 0.3) is 0 Å². The minimum atomic E-state index is -2.47. The molecular weight excluding hydrogens is 1750 g/mol. The Morgan fingerprint density at radius 2 is 0.567 bits per heavy atom. The molecule has 0 saturated carbocycles. The highest BCUT2D eigenvalue weighted by molar-refractivity contribution is 6.75. The van der Waals surface area contributed by atoms with Crippen LogP contribution in [0, 0.1) is 53.3 Å². The van der Waals surface area contributed by atoms with E-state index in [9.17, 15) is 63.0 Å². The zero-order valence-electron chi connectivity index (χ0n) is 88.7. The van der Waals surface area contributed by atoms with Gasteiger partial charge in [-0.2, -0.15) is 0 Å². The first-order valence-electron chi connectivity index (χ1n) is 48.2. The normalized spacial score (nSPS) is 15.2. The van der Waals surface area contributed by atoms with Gasteiger partial charge in [0, 0.05) is 44.5 Å². The summed E-state index contributed by atoms with van der Waals surface area (Å²) in [7, 11) is -7.27. The van der Waals surface area contributed by atoms with E-state index in [1.54, 1.807) is 41.5 Å². The molecule has 0 unspecified atom stereocenters. The highest BCUT2D eigenvalue weighted by Crippen LogP contribution is 2.43. The van der Waals surface area contributed by atoms with Crippen LogP contribution in [0.2, 0.25) is 54.4 Å². The summed E-state index contributed by atoms with van der Waals surface area (Å²) in [5.41, 5.74) is 6.37. The predicted octanol–water partition coefficient (Wildman–Crippen LogP) is 18.1. The number of primary amides is 1. The van der Waals surface area contributed by atoms with Crippen LogP contribution in [-0.2, 0) is 85.5 Å². The third-order valence-corrected chi connectivity index (χ3v) is 37.6. The lowest BCUT2D eigenvalue weighted by Crippen LogP contribution is -2.55. The summed E-state index contributed by atoms with van der Waals surface area (Å²) in [6, 6.07) is 24.6. The van der Waals surface area contributed by atoms with Gasteiger partial charge in [-0.25, -0.2) is 14.4 Å². The molecule has 0 saturated heterocycles. The van der Waals surface area contributed by atoms with Crippen LogP contribution in [0.3, 0.4) is 0 Å². The maximum Gasteiger partial charge on any atom is 0.407 e. The van der Waals surface area contributed by atoms with Gasteiger partial charge in [-0.05, 0) is 214 Å². The van der Waals surface area contributed by atoms with Crippen LogP contribution in [0.4, 0.5) is 14.4 Å². The van der Waals surface area contributed by atoms with Crippen molar-refractivity contribution in [1.82, 2.24) is 47.9 Å². The van der Waals surface area contributed by atoms with Gasteiger partial charge in [0.15, 0.2) is 25.0 Å². The van der Waals surface area contributed by atoms with Gasteiger partial charge < -0.3 is 91.3 Å². The molecule has 10 amide bonds. The zero-order chi connectivity index (χ0) is 103. The molecule has 764 valence electrons. The first kappa shape index (κ1) is 124. The molecule has 3 rings (SSSR count). The Bertz CT molecular complexity index is 3900. The van der Waals surface area contributed by atoms with Crippen LogP contribution in [-0.4, -0.2) is 179 Å². The van der Waals surface area contributed by atoms with Crippen LogP contribution in [0.1, 0.15) is 282 Å². The Balaban J connectivity index is 0.00000101. The number of hydrogen-bond acceptors (Lipinski definition) is 18. The molecule has 13 N–H and O–H groups in total. The molecule has 32 heteroatoms. The summed E-state index contributed by atoms with van der Waals surface area (Å²) < 4.78 is 37.4. The van der Waals surface area contributed by atoms with Crippen LogP contribution >= 0.6 is 0 Å². The average molecular weight is 1930 g/mol. The van der Waals surface area contributed by atoms with Gasteiger partial charge in [0.1, 0.15) is 34.9 Å². The molecule has 3 aromatic carbocycles. The minimum absolute atomic E-state index is 0.0360. The lowest BCUT2D eigenvalue weighted by molar-refractivity contribution is -0.142. The molecule has 0 fully saturated rings. The van der Waals surface area contributed by atoms with Gasteiger partial charge in [-0.3, -0.25) is 38.4 Å². The van der Waals surface area contributed by atoms with Gasteiger partial charge in [0.2, 0.25) is 41.4 Å². The molecule has 0 aliphatic rings. The molecular formula is C102H180N10O19Si3. The Hall–Kier alpha value is -8.28. The highest BCUT2D eigenvalue weighted by Gasteiger charge is 2.48. The van der Waals surface area contributed by atoms with Crippen LogP contribution in [0.25, 0.3) is 0 Å². The summed E-state index contributed by atoms with van der Waals surface area (Å²) in [4.78, 5) is 144. The number of nitrogens with two attached hydrogens (primary N) is 1. The fraction of sp³-hybridized carbons (Fsp3) is 0.716. The second kappa shape index (κ2) is 55.9. The van der Waals surface area contributed by atoms with Crippen molar-refractivity contribution >= 4 is 90.6 Å². The number of aliphatic hydroxyl groups is 1. The predicted molar refractivity (Wildman–Crippen MR) is 541 cm³/mol. The number of carbonyl (C=O) groups is 11. The number of ether oxygens (including phenoxy) is 3. The number of carbonyl (C=O) groups excluding carboxylic acids is 10. The number of rotatable bonds is 48. The number of alkyl carbamates (subject to hydrolysis) is 3. The van der Waals surface area contributed by atoms with Crippen molar-refractivity contribution in [3.8, 4) is 0 Å². The second-order valence-electron chi connectivity index (χ2n) is 45.8. The van der Waals surface area contributed by atoms with Crippen LogP contribution in [0.5, 0.6) is 0 Å². The van der Waals surface area contributed by atoms with Crippen LogP contribution < -0.4 is 53.6 Å². The summed E-state index contributed by atoms with van der Waals surface area (Å²) in [5.74, 6) is -6.69. The van der Waals surface area contributed by atoms with Crippen LogP contribution in [0.15, 0.2) is 91.0 Å². The Labute approximate surface area is 808 Å². The standard InChI is InChI=1S/C34H60N4O6Si.C34H59N3O7Si.C34H61N3O6Si/c1-22(2)18-26(37-32(42)43-33(5,6)7)27(44-45(11,12)34(8,9)10)19-25(20-28(35)39)30(40)38-29(23(3)4)31(41)36-21-24-16-14-13-15-17-24;1-22(2)18-26(36-32(42)43-33(5,6)7)27(44-45(11,12)34(8,9)10)19-25(20-28(38)39)30(40)37-29(23(3)4)31(41)35-21-24-16-14-13-15-17-24;1-23(2)20-27(36-32(41)42-33(5,6)7)28(43-44(11,12)34(8,9)10)21-26(18-19-38)30(39)37-29(24(3)4)31(40)35-22-25-16-14-13-15-17-25/h13-17,22-23,25-27,29H,18-21H2,1-12H3,(H2,35,39)(H,36,41)(H,37,42)(H,38,40);13-17,22-23,25-27,29H,18-21H2,1-12H3,(H,35,41)(H,36,42)(H,37,40)(H,38,39);13-17,23-24,26-29,38H,18-22H2,1-12H3,(H,35,40)(H,36,41)(H,37,39)/t2*25-,26-,27-,29-;26-,27+,28+,29+/m001/s1. The molecule has 29 nitrogen and oxygen atoms in total. The van der Waals surface area contributed by atoms with Crippen molar-refractivity contribution in [2.45, 2.75) is 411 Å². The monoisotopic (exact) mass is 1930 g/mol. The van der Waals surface area contributed by atoms with Crippen molar-refractivity contribution in [3.05, 3.63) is 108 Å². The van der Waals surface area contributed by atoms with E-state index in [0.717, 1.165) is 16.7 Å². The van der Waals surface area contributed by atoms with E-state index in [4.69, 9.17) is 33.2 Å². The minimum Gasteiger partial charge on any atom is -0.481 e. The smallest absolute Gasteiger partial charge is 0.407 e. The zero-order valence-corrected chi connectivity index (χ0v) is 91.7. The molecule has 3 aromatic rings. The number of aliphatic hydroxyl groups excluding tert-OH is 1. The lowest BCUT2D eigenvalue weighted by Gasteiger charge is -2.43. The highest BCUT2D eigenvalue weighted by atomic mass is 28.4. The molecule has 0 aromatic heterocycles. The third kappa shape index (κ3) is 49.1. The number of carboxylic acid groups (broad SMARTS) is 1. The van der Waals surface area contributed by atoms with E-state index in [2.05, 4.69) is 163 Å². The largest absolute Gasteiger partial charge is 0.481 e. The Morgan fingerprint density at radius 1 is 0.336 bits per heavy atom. The SMILES string of the molecule is CC(C)C[C@H](NC(=O)OC(C)(C)C)[C@H](C[C@@H](CC(=O)O)C(=O)N[C@H](C(=O)NCc1ccccc1)C(C)C)O[Si](C)(C)C(C)(C)C.CC(C)C[C@H](NC(=O)OC(C)(C)C)[C@H](C[C@@H](CC(N)=O)C(=O)N[C@H](C(=O)NCc1ccccc1)C(C)C)O[Si](C)(C)C(C)(C)C.CC(C)C[C@H](NC(=O)OC(C)(C)C)[C@H](C[C@@H](CCO)C(=O)N[C@H](C(=O)NCc1ccccc1)C(C)C)O[Si](C)(C)C(C)(C)C. The Morgan fingerprint density at radius 3 is 0.769 bits per heavy atom. The maximum atomic E-state index is 13.9. The molecule has 134 heavy (non-hydrogen) atoms. The second-order valence-corrected chi connectivity index (χ2v) is 60.0. The number of amides is 10. The van der Waals surface area contributed by atoms with Gasteiger partial charge in [-0.1, -0.05) is 236 Å². The number of benzene rings is 3. The molecule has 0 heterocycles. The van der Waals surface area contributed by atoms with E-state index in [1.807, 2.05) is 181 Å². The van der Waals surface area contributed by atoms with Crippen molar-refractivity contribution in [2.75, 3.05) is 6.61 Å². The van der Waals surface area contributed by atoms with E-state index in [0.29, 0.717) is 38.9 Å². The molecule has 0 spiro atoms. The maximum absolute atomic E-state index is 13.9. The fourth-order valence-electron chi connectivity index (χ4n) is 13.8. The Kier molecular flexibility index (Phi) is 51.7. The topological polar surface area (TPSA) is 418 Å². The van der Waals surface area contributed by atoms with E-state index in [-0.39, 0.29) is 113 Å². The van der Waals surface area contributed by atoms with Crippen molar-refractivity contribution in [3.63, 3.8) is 0 Å². The first-order chi connectivity index (χ1) is 61.2. The molecule has 0 aliphatic heterocycles. The summed E-state index contributed by atoms with van der Waals surface area (Å²) in [6.45, 7) is 72.1. The van der Waals surface area contributed by atoms with Gasteiger partial charge >= 0.3 is 24.2 Å². The third-order valence-electron chi connectivity index (χ3n) is 24.1. The summed E-state index contributed by atoms with van der Waals surface area (Å²) in [5, 5.41) is 45.8. The molecule has 12 atom stereocenters. The van der Waals surface area contributed by atoms with Crippen molar-refractivity contribution < 1.29 is 90.4 Å². The van der Waals surface area contributed by atoms with E-state index >= 15 is 0 Å². The number of carboxylic acids is 1. The summed E-state index contributed by atoms with van der Waals surface area (Å²) in [6.07, 6.45) is -1.93. The number of hydrogen-bond donors (Lipinski definition) is 12. The molecule has 0 aliphatic carbocycles.